The second-order valence-electron chi connectivity index (χ2n) is 10.5. The molecule has 2 aromatic carbocycles. The van der Waals surface area contributed by atoms with Crippen molar-refractivity contribution in [3.05, 3.63) is 53.6 Å². The minimum absolute atomic E-state index is 0.0237. The number of halogens is 3. The van der Waals surface area contributed by atoms with Gasteiger partial charge in [0.25, 0.3) is 5.91 Å². The monoisotopic (exact) mass is 644 g/mol. The maximum Gasteiger partial charge on any atom is 0.416 e. The number of hydrogen-bond acceptors (Lipinski definition) is 7. The zero-order valence-electron chi connectivity index (χ0n) is 23.9. The number of alkyl halides is 3. The van der Waals surface area contributed by atoms with Gasteiger partial charge in [-0.15, -0.1) is 11.8 Å². The number of hydrogen-bond donors (Lipinski definition) is 4. The van der Waals surface area contributed by atoms with Crippen LogP contribution in [0.4, 0.5) is 23.7 Å². The van der Waals surface area contributed by atoms with E-state index in [0.717, 1.165) is 11.0 Å². The van der Waals surface area contributed by atoms with E-state index in [1.165, 1.54) is 28.8 Å². The predicted octanol–water partition coefficient (Wildman–Crippen LogP) is 4.82. The van der Waals surface area contributed by atoms with E-state index in [-0.39, 0.29) is 17.0 Å². The maximum atomic E-state index is 13.5. The Kier molecular flexibility index (Phi) is 11.5. The van der Waals surface area contributed by atoms with Gasteiger partial charge >= 0.3 is 12.3 Å². The van der Waals surface area contributed by atoms with E-state index in [4.69, 9.17) is 5.11 Å². The third-order valence-corrected chi connectivity index (χ3v) is 9.34. The summed E-state index contributed by atoms with van der Waals surface area (Å²) >= 11 is 1.44. The van der Waals surface area contributed by atoms with Gasteiger partial charge in [-0.25, -0.2) is 13.2 Å². The van der Waals surface area contributed by atoms with Crippen LogP contribution >= 0.6 is 11.8 Å². The lowest BCUT2D eigenvalue weighted by Crippen LogP contribution is -2.50. The van der Waals surface area contributed by atoms with Gasteiger partial charge in [-0.2, -0.15) is 13.2 Å². The average molecular weight is 645 g/mol. The number of carbonyl (C=O) groups is 3. The van der Waals surface area contributed by atoms with Crippen molar-refractivity contribution in [1.29, 1.82) is 0 Å². The van der Waals surface area contributed by atoms with Gasteiger partial charge in [-0.1, -0.05) is 13.8 Å². The zero-order chi connectivity index (χ0) is 31.9. The third-order valence-electron chi connectivity index (χ3n) is 6.99. The van der Waals surface area contributed by atoms with Crippen molar-refractivity contribution in [3.8, 4) is 0 Å². The van der Waals surface area contributed by atoms with Crippen LogP contribution in [-0.4, -0.2) is 73.1 Å². The highest BCUT2D eigenvalue weighted by Gasteiger charge is 2.34. The fraction of sp³-hybridized carbons (Fsp3) is 0.464. The lowest BCUT2D eigenvalue weighted by molar-refractivity contribution is -0.137. The van der Waals surface area contributed by atoms with Crippen LogP contribution in [0, 0.1) is 0 Å². The second-order valence-corrected chi connectivity index (χ2v) is 13.3. The molecule has 3 rings (SSSR count). The Morgan fingerprint density at radius 2 is 1.67 bits per heavy atom. The van der Waals surface area contributed by atoms with Crippen LogP contribution in [0.3, 0.4) is 0 Å². The van der Waals surface area contributed by atoms with Crippen LogP contribution in [0.15, 0.2) is 52.3 Å². The molecule has 0 saturated heterocycles. The normalized spacial score (nSPS) is 17.4. The summed E-state index contributed by atoms with van der Waals surface area (Å²) < 4.78 is 66.6. The van der Waals surface area contributed by atoms with Crippen LogP contribution < -0.4 is 16.0 Å². The fourth-order valence-corrected chi connectivity index (χ4v) is 6.76. The summed E-state index contributed by atoms with van der Waals surface area (Å²) in [6, 6.07) is 8.13. The van der Waals surface area contributed by atoms with Crippen LogP contribution in [0.2, 0.25) is 0 Å². The standard InChI is InChI=1S/C28H35F3N4O6S2/c1-17(2)33-19-5-7-20(8-6-19)35(16-43(40,41)22-11-9-21(42-3)10-12-22)25(36)15-32-26(37)23-14-18(28(29,30)31)4-13-24(23)34-27(38)39/h4,9-14,17,19-20,33-34H,5-8,15-16H2,1-3H3,(H,32,37)(H,38,39). The lowest BCUT2D eigenvalue weighted by Gasteiger charge is -2.37. The van der Waals surface area contributed by atoms with E-state index in [2.05, 4.69) is 10.6 Å². The summed E-state index contributed by atoms with van der Waals surface area (Å²) in [6.07, 6.45) is -2.17. The summed E-state index contributed by atoms with van der Waals surface area (Å²) in [5, 5.41) is 16.6. The number of carbonyl (C=O) groups excluding carboxylic acids is 2. The van der Waals surface area contributed by atoms with Crippen molar-refractivity contribution in [3.63, 3.8) is 0 Å². The van der Waals surface area contributed by atoms with Crippen molar-refractivity contribution in [2.45, 2.75) is 73.6 Å². The molecule has 0 bridgehead atoms. The molecule has 236 valence electrons. The number of anilines is 1. The number of carboxylic acid groups (broad SMARTS) is 1. The Balaban J connectivity index is 1.83. The summed E-state index contributed by atoms with van der Waals surface area (Å²) in [5.41, 5.74) is -2.24. The Morgan fingerprint density at radius 3 is 2.21 bits per heavy atom. The van der Waals surface area contributed by atoms with Gasteiger partial charge in [0, 0.05) is 23.0 Å². The number of amides is 3. The summed E-state index contributed by atoms with van der Waals surface area (Å²) in [5.74, 6) is -2.52. The first-order valence-corrected chi connectivity index (χ1v) is 16.4. The molecule has 43 heavy (non-hydrogen) atoms. The summed E-state index contributed by atoms with van der Waals surface area (Å²) in [7, 11) is -3.98. The molecule has 0 atom stereocenters. The lowest BCUT2D eigenvalue weighted by atomic mass is 9.90. The number of rotatable bonds is 11. The highest BCUT2D eigenvalue weighted by Crippen LogP contribution is 2.32. The molecule has 1 saturated carbocycles. The first-order valence-electron chi connectivity index (χ1n) is 13.5. The number of nitrogens with one attached hydrogen (secondary N) is 3. The second kappa shape index (κ2) is 14.4. The Hall–Kier alpha value is -3.30. The van der Waals surface area contributed by atoms with Crippen molar-refractivity contribution in [1.82, 2.24) is 15.5 Å². The molecule has 0 radical (unpaired) electrons. The quantitative estimate of drug-likeness (QED) is 0.255. The number of benzene rings is 2. The molecule has 0 spiro atoms. The maximum absolute atomic E-state index is 13.5. The van der Waals surface area contributed by atoms with Gasteiger partial charge in [0.15, 0.2) is 9.84 Å². The molecule has 15 heteroatoms. The van der Waals surface area contributed by atoms with Crippen LogP contribution in [-0.2, 0) is 20.8 Å². The molecular weight excluding hydrogens is 609 g/mol. The average Bonchev–Trinajstić information content (AvgIpc) is 2.94. The highest BCUT2D eigenvalue weighted by atomic mass is 32.2. The van der Waals surface area contributed by atoms with E-state index >= 15 is 0 Å². The van der Waals surface area contributed by atoms with E-state index < -0.39 is 69.2 Å². The molecule has 0 aliphatic heterocycles. The molecule has 1 aliphatic carbocycles. The molecule has 3 amide bonds. The van der Waals surface area contributed by atoms with Gasteiger partial charge in [0.2, 0.25) is 5.91 Å². The molecule has 2 aromatic rings. The van der Waals surface area contributed by atoms with Gasteiger partial charge in [-0.3, -0.25) is 14.9 Å². The summed E-state index contributed by atoms with van der Waals surface area (Å²) in [6.45, 7) is 3.31. The van der Waals surface area contributed by atoms with Gasteiger partial charge in [0.1, 0.15) is 5.88 Å². The minimum Gasteiger partial charge on any atom is -0.465 e. The topological polar surface area (TPSA) is 145 Å². The Bertz CT molecular complexity index is 1410. The van der Waals surface area contributed by atoms with Crippen LogP contribution in [0.5, 0.6) is 0 Å². The first-order chi connectivity index (χ1) is 20.1. The van der Waals surface area contributed by atoms with Gasteiger partial charge < -0.3 is 20.6 Å². The van der Waals surface area contributed by atoms with Gasteiger partial charge in [0.05, 0.1) is 28.3 Å². The third kappa shape index (κ3) is 9.60. The van der Waals surface area contributed by atoms with E-state index in [9.17, 15) is 36.0 Å². The van der Waals surface area contributed by atoms with Gasteiger partial charge in [-0.05, 0) is 74.4 Å². The van der Waals surface area contributed by atoms with Crippen LogP contribution in [0.1, 0.15) is 55.5 Å². The predicted molar refractivity (Wildman–Crippen MR) is 157 cm³/mol. The van der Waals surface area contributed by atoms with Crippen LogP contribution in [0.25, 0.3) is 0 Å². The highest BCUT2D eigenvalue weighted by molar-refractivity contribution is 7.98. The molecule has 0 heterocycles. The first kappa shape index (κ1) is 34.2. The summed E-state index contributed by atoms with van der Waals surface area (Å²) in [4.78, 5) is 39.6. The number of sulfone groups is 1. The van der Waals surface area contributed by atoms with E-state index in [1.807, 2.05) is 25.4 Å². The fourth-order valence-electron chi connectivity index (χ4n) is 4.93. The molecule has 1 fully saturated rings. The number of nitrogens with zero attached hydrogens (tertiary/aromatic N) is 1. The number of thioether (sulfide) groups is 1. The zero-order valence-corrected chi connectivity index (χ0v) is 25.5. The molecule has 10 nitrogen and oxygen atoms in total. The van der Waals surface area contributed by atoms with Crippen molar-refractivity contribution >= 4 is 45.2 Å². The van der Waals surface area contributed by atoms with Crippen molar-refractivity contribution < 1.29 is 41.1 Å². The molecule has 0 unspecified atom stereocenters. The molecule has 1 aliphatic rings. The smallest absolute Gasteiger partial charge is 0.416 e. The largest absolute Gasteiger partial charge is 0.465 e. The molecule has 0 aromatic heterocycles. The minimum atomic E-state index is -4.81. The van der Waals surface area contributed by atoms with Crippen molar-refractivity contribution in [2.24, 2.45) is 0 Å². The van der Waals surface area contributed by atoms with Crippen molar-refractivity contribution in [2.75, 3.05) is 24.0 Å². The Morgan fingerprint density at radius 1 is 1.05 bits per heavy atom. The molecular formula is C28H35F3N4O6S2. The van der Waals surface area contributed by atoms with E-state index in [1.54, 1.807) is 12.1 Å². The Labute approximate surface area is 252 Å². The molecule has 4 N–H and O–H groups in total. The van der Waals surface area contributed by atoms with E-state index in [0.29, 0.717) is 37.8 Å². The SMILES string of the molecule is CSc1ccc(S(=O)(=O)CN(C(=O)CNC(=O)c2cc(C(F)(F)F)ccc2NC(=O)O)C2CCC(NC(C)C)CC2)cc1.